The number of rotatable bonds is 7. The Bertz CT molecular complexity index is 798. The van der Waals surface area contributed by atoms with Crippen molar-refractivity contribution in [1.82, 2.24) is 14.8 Å². The Hall–Kier alpha value is -2.09. The van der Waals surface area contributed by atoms with E-state index < -0.39 is 0 Å². The zero-order chi connectivity index (χ0) is 19.2. The molecule has 1 aliphatic rings. The summed E-state index contributed by atoms with van der Waals surface area (Å²) in [4.78, 5) is 26.4. The van der Waals surface area contributed by atoms with E-state index in [1.165, 1.54) is 0 Å². The summed E-state index contributed by atoms with van der Waals surface area (Å²) in [6.07, 6.45) is 2.30. The molecule has 1 aromatic carbocycles. The van der Waals surface area contributed by atoms with Gasteiger partial charge in [-0.15, -0.1) is 12.4 Å². The third-order valence-electron chi connectivity index (χ3n) is 4.91. The summed E-state index contributed by atoms with van der Waals surface area (Å²) in [5.41, 5.74) is 1.74. The van der Waals surface area contributed by atoms with Gasteiger partial charge in [0.15, 0.2) is 0 Å². The number of likely N-dealkylation sites (N-methyl/N-ethyl adjacent to an activating group) is 1. The smallest absolute Gasteiger partial charge is 0.242 e. The molecule has 1 fully saturated rings. The Kier molecular flexibility index (Phi) is 8.29. The number of hydrogen-bond donors (Lipinski definition) is 2. The van der Waals surface area contributed by atoms with Crippen molar-refractivity contribution < 1.29 is 14.3 Å². The highest BCUT2D eigenvalue weighted by Gasteiger charge is 2.17. The maximum absolute atomic E-state index is 12.3. The van der Waals surface area contributed by atoms with E-state index in [0.29, 0.717) is 39.3 Å². The standard InChI is InChI=1S/C20H28N4O3.ClH/c1-3-23(4-2)20(26)13-24-9-7-15-11-16(5-6-18(15)24)22-19(25)12-17-14-27-10-8-21-17;/h5-7,9,11,17,21H,3-4,8,10,12-14H2,1-2H3,(H,22,25);1H. The molecule has 28 heavy (non-hydrogen) atoms. The zero-order valence-electron chi connectivity index (χ0n) is 16.4. The first-order valence-corrected chi connectivity index (χ1v) is 9.58. The fourth-order valence-electron chi connectivity index (χ4n) is 3.42. The van der Waals surface area contributed by atoms with Crippen molar-refractivity contribution in [2.75, 3.05) is 38.2 Å². The fourth-order valence-corrected chi connectivity index (χ4v) is 3.42. The van der Waals surface area contributed by atoms with Crippen LogP contribution in [-0.4, -0.2) is 60.2 Å². The van der Waals surface area contributed by atoms with Gasteiger partial charge in [-0.3, -0.25) is 9.59 Å². The number of fused-ring (bicyclic) bond motifs is 1. The van der Waals surface area contributed by atoms with Gasteiger partial charge in [-0.05, 0) is 38.1 Å². The molecule has 0 radical (unpaired) electrons. The molecule has 1 aromatic heterocycles. The number of anilines is 1. The molecule has 154 valence electrons. The first kappa shape index (κ1) is 22.2. The number of benzene rings is 1. The summed E-state index contributed by atoms with van der Waals surface area (Å²) in [6.45, 7) is 7.77. The molecule has 1 atom stereocenters. The molecule has 2 heterocycles. The normalized spacial score (nSPS) is 16.4. The van der Waals surface area contributed by atoms with E-state index in [1.807, 2.05) is 53.8 Å². The average molecular weight is 409 g/mol. The first-order chi connectivity index (χ1) is 13.1. The van der Waals surface area contributed by atoms with Gasteiger partial charge in [0.1, 0.15) is 6.54 Å². The van der Waals surface area contributed by atoms with Crippen LogP contribution in [0, 0.1) is 0 Å². The lowest BCUT2D eigenvalue weighted by Gasteiger charge is -2.23. The van der Waals surface area contributed by atoms with Gasteiger partial charge in [0.2, 0.25) is 11.8 Å². The summed E-state index contributed by atoms with van der Waals surface area (Å²) >= 11 is 0. The van der Waals surface area contributed by atoms with E-state index >= 15 is 0 Å². The van der Waals surface area contributed by atoms with Crippen LogP contribution in [0.15, 0.2) is 30.5 Å². The van der Waals surface area contributed by atoms with Gasteiger partial charge in [0.05, 0.1) is 13.2 Å². The van der Waals surface area contributed by atoms with E-state index in [0.717, 1.165) is 23.1 Å². The number of carbonyl (C=O) groups is 2. The molecule has 1 unspecified atom stereocenters. The predicted molar refractivity (Wildman–Crippen MR) is 113 cm³/mol. The van der Waals surface area contributed by atoms with Crippen LogP contribution in [0.25, 0.3) is 10.9 Å². The number of hydrogen-bond acceptors (Lipinski definition) is 4. The van der Waals surface area contributed by atoms with Crippen LogP contribution in [0.4, 0.5) is 5.69 Å². The summed E-state index contributed by atoms with van der Waals surface area (Å²) in [6, 6.07) is 7.80. The number of aromatic nitrogens is 1. The fraction of sp³-hybridized carbons (Fsp3) is 0.500. The predicted octanol–water partition coefficient (Wildman–Crippen LogP) is 2.25. The molecule has 8 heteroatoms. The van der Waals surface area contributed by atoms with Gasteiger partial charge < -0.3 is 24.8 Å². The molecular weight excluding hydrogens is 380 g/mol. The van der Waals surface area contributed by atoms with Crippen molar-refractivity contribution in [2.24, 2.45) is 0 Å². The first-order valence-electron chi connectivity index (χ1n) is 9.58. The molecule has 7 nitrogen and oxygen atoms in total. The van der Waals surface area contributed by atoms with E-state index in [4.69, 9.17) is 4.74 Å². The Labute approximate surface area is 171 Å². The highest BCUT2D eigenvalue weighted by molar-refractivity contribution is 5.94. The Morgan fingerprint density at radius 3 is 2.75 bits per heavy atom. The molecule has 1 aliphatic heterocycles. The Balaban J connectivity index is 0.00000280. The van der Waals surface area contributed by atoms with Gasteiger partial charge in [-0.25, -0.2) is 0 Å². The quantitative estimate of drug-likeness (QED) is 0.736. The molecule has 2 N–H and O–H groups in total. The molecule has 0 spiro atoms. The maximum Gasteiger partial charge on any atom is 0.242 e. The maximum atomic E-state index is 12.3. The molecule has 3 rings (SSSR count). The Morgan fingerprint density at radius 2 is 2.07 bits per heavy atom. The lowest BCUT2D eigenvalue weighted by molar-refractivity contribution is -0.131. The number of nitrogens with zero attached hydrogens (tertiary/aromatic N) is 2. The monoisotopic (exact) mass is 408 g/mol. The lowest BCUT2D eigenvalue weighted by atomic mass is 10.1. The van der Waals surface area contributed by atoms with Gasteiger partial charge >= 0.3 is 0 Å². The van der Waals surface area contributed by atoms with Crippen LogP contribution in [-0.2, 0) is 20.9 Å². The van der Waals surface area contributed by atoms with Gasteiger partial charge in [-0.1, -0.05) is 0 Å². The minimum absolute atomic E-state index is 0. The highest BCUT2D eigenvalue weighted by atomic mass is 35.5. The number of morpholine rings is 1. The van der Waals surface area contributed by atoms with E-state index in [2.05, 4.69) is 10.6 Å². The summed E-state index contributed by atoms with van der Waals surface area (Å²) in [7, 11) is 0. The minimum atomic E-state index is -0.0338. The lowest BCUT2D eigenvalue weighted by Crippen LogP contribution is -2.43. The largest absolute Gasteiger partial charge is 0.378 e. The number of amides is 2. The SMILES string of the molecule is CCN(CC)C(=O)Cn1ccc2cc(NC(=O)CC3COCCN3)ccc21.Cl. The van der Waals surface area contributed by atoms with Gasteiger partial charge in [0.25, 0.3) is 0 Å². The number of nitrogens with one attached hydrogen (secondary N) is 2. The number of halogens is 1. The summed E-state index contributed by atoms with van der Waals surface area (Å²) < 4.78 is 7.33. The minimum Gasteiger partial charge on any atom is -0.378 e. The van der Waals surface area contributed by atoms with Crippen LogP contribution in [0.1, 0.15) is 20.3 Å². The van der Waals surface area contributed by atoms with Crippen LogP contribution in [0.5, 0.6) is 0 Å². The van der Waals surface area contributed by atoms with Crippen molar-refractivity contribution in [2.45, 2.75) is 32.9 Å². The van der Waals surface area contributed by atoms with Crippen LogP contribution in [0.2, 0.25) is 0 Å². The molecular formula is C20H29ClN4O3. The van der Waals surface area contributed by atoms with Crippen LogP contribution in [0.3, 0.4) is 0 Å². The average Bonchev–Trinajstić information content (AvgIpc) is 3.05. The molecule has 1 saturated heterocycles. The van der Waals surface area contributed by atoms with E-state index in [1.54, 1.807) is 0 Å². The van der Waals surface area contributed by atoms with E-state index in [9.17, 15) is 9.59 Å². The van der Waals surface area contributed by atoms with Crippen molar-refractivity contribution in [3.63, 3.8) is 0 Å². The van der Waals surface area contributed by atoms with Crippen LogP contribution >= 0.6 is 12.4 Å². The summed E-state index contributed by atoms with van der Waals surface area (Å²) in [5.74, 6) is 0.0746. The second kappa shape index (κ2) is 10.5. The third-order valence-corrected chi connectivity index (χ3v) is 4.91. The second-order valence-electron chi connectivity index (χ2n) is 6.76. The second-order valence-corrected chi connectivity index (χ2v) is 6.76. The van der Waals surface area contributed by atoms with E-state index in [-0.39, 0.29) is 30.3 Å². The zero-order valence-corrected chi connectivity index (χ0v) is 17.3. The molecule has 0 bridgehead atoms. The topological polar surface area (TPSA) is 75.6 Å². The molecule has 2 aromatic rings. The molecule has 0 saturated carbocycles. The molecule has 0 aliphatic carbocycles. The third kappa shape index (κ3) is 5.47. The van der Waals surface area contributed by atoms with Crippen LogP contribution < -0.4 is 10.6 Å². The van der Waals surface area contributed by atoms with Crippen molar-refractivity contribution in [3.8, 4) is 0 Å². The molecule has 2 amide bonds. The van der Waals surface area contributed by atoms with Crippen molar-refractivity contribution >= 4 is 40.8 Å². The van der Waals surface area contributed by atoms with Gasteiger partial charge in [0, 0.05) is 54.9 Å². The number of ether oxygens (including phenoxy) is 1. The Morgan fingerprint density at radius 1 is 1.29 bits per heavy atom. The highest BCUT2D eigenvalue weighted by Crippen LogP contribution is 2.21. The van der Waals surface area contributed by atoms with Crippen molar-refractivity contribution in [3.05, 3.63) is 30.5 Å². The van der Waals surface area contributed by atoms with Gasteiger partial charge in [-0.2, -0.15) is 0 Å². The van der Waals surface area contributed by atoms with Crippen molar-refractivity contribution in [1.29, 1.82) is 0 Å². The number of carbonyl (C=O) groups excluding carboxylic acids is 2. The summed E-state index contributed by atoms with van der Waals surface area (Å²) in [5, 5.41) is 7.23.